The number of hydrogen-bond acceptors (Lipinski definition) is 6. The number of aromatic nitrogens is 4. The second-order valence-corrected chi connectivity index (χ2v) is 7.04. The number of rotatable bonds is 11. The van der Waals surface area contributed by atoms with E-state index in [2.05, 4.69) is 10.3 Å². The molecule has 0 fully saturated rings. The number of carbonyl (C=O) groups is 1. The molecule has 0 bridgehead atoms. The first-order valence-corrected chi connectivity index (χ1v) is 10.0. The van der Waals surface area contributed by atoms with E-state index < -0.39 is 17.2 Å². The van der Waals surface area contributed by atoms with Gasteiger partial charge in [0.2, 0.25) is 5.91 Å². The third kappa shape index (κ3) is 5.28. The molecule has 0 spiro atoms. The SMILES string of the molecule is COCCCNC(=O)Cn1c(=O)c2c(ncn2CCOC)n(Cc2ccccc2)c1=O. The van der Waals surface area contributed by atoms with Crippen LogP contribution >= 0.6 is 0 Å². The first-order chi connectivity index (χ1) is 15.1. The molecule has 0 unspecified atom stereocenters. The van der Waals surface area contributed by atoms with Crippen molar-refractivity contribution in [2.75, 3.05) is 34.0 Å². The second-order valence-electron chi connectivity index (χ2n) is 7.04. The maximum atomic E-state index is 13.2. The molecule has 1 amide bonds. The summed E-state index contributed by atoms with van der Waals surface area (Å²) in [7, 11) is 3.15. The maximum absolute atomic E-state index is 13.2. The van der Waals surface area contributed by atoms with Gasteiger partial charge in [0.25, 0.3) is 5.56 Å². The Bertz CT molecular complexity index is 1130. The average Bonchev–Trinajstić information content (AvgIpc) is 3.20. The Morgan fingerprint density at radius 2 is 1.81 bits per heavy atom. The first-order valence-electron chi connectivity index (χ1n) is 10.0. The van der Waals surface area contributed by atoms with Crippen LogP contribution < -0.4 is 16.6 Å². The van der Waals surface area contributed by atoms with Gasteiger partial charge in [0.15, 0.2) is 11.2 Å². The molecule has 1 aromatic carbocycles. The molecule has 0 saturated heterocycles. The van der Waals surface area contributed by atoms with E-state index in [1.807, 2.05) is 30.3 Å². The van der Waals surface area contributed by atoms with E-state index >= 15 is 0 Å². The van der Waals surface area contributed by atoms with Gasteiger partial charge in [-0.25, -0.2) is 14.3 Å². The molecule has 3 rings (SSSR count). The van der Waals surface area contributed by atoms with Crippen molar-refractivity contribution in [2.24, 2.45) is 0 Å². The minimum Gasteiger partial charge on any atom is -0.385 e. The van der Waals surface area contributed by atoms with Gasteiger partial charge in [-0.2, -0.15) is 0 Å². The van der Waals surface area contributed by atoms with Crippen LogP contribution in [0, 0.1) is 0 Å². The van der Waals surface area contributed by atoms with Gasteiger partial charge in [-0.3, -0.25) is 14.2 Å². The summed E-state index contributed by atoms with van der Waals surface area (Å²) in [6.07, 6.45) is 2.15. The van der Waals surface area contributed by atoms with E-state index in [0.717, 1.165) is 10.1 Å². The molecule has 0 aliphatic carbocycles. The van der Waals surface area contributed by atoms with Crippen molar-refractivity contribution < 1.29 is 14.3 Å². The summed E-state index contributed by atoms with van der Waals surface area (Å²) in [5, 5.41) is 2.71. The highest BCUT2D eigenvalue weighted by Gasteiger charge is 2.19. The number of amides is 1. The van der Waals surface area contributed by atoms with Crippen molar-refractivity contribution in [2.45, 2.75) is 26.1 Å². The van der Waals surface area contributed by atoms with Crippen molar-refractivity contribution in [1.29, 1.82) is 0 Å². The quantitative estimate of drug-likeness (QED) is 0.437. The zero-order valence-corrected chi connectivity index (χ0v) is 17.7. The lowest BCUT2D eigenvalue weighted by Crippen LogP contribution is -2.44. The summed E-state index contributed by atoms with van der Waals surface area (Å²) in [6, 6.07) is 9.41. The molecular weight excluding hydrogens is 402 g/mol. The summed E-state index contributed by atoms with van der Waals surface area (Å²) < 4.78 is 14.1. The molecule has 0 saturated carbocycles. The van der Waals surface area contributed by atoms with E-state index in [1.165, 1.54) is 10.9 Å². The molecule has 10 nitrogen and oxygen atoms in total. The van der Waals surface area contributed by atoms with E-state index in [0.29, 0.717) is 32.7 Å². The second kappa shape index (κ2) is 10.7. The van der Waals surface area contributed by atoms with Crippen LogP contribution in [0.4, 0.5) is 0 Å². The zero-order chi connectivity index (χ0) is 22.2. The Kier molecular flexibility index (Phi) is 7.74. The standard InChI is InChI=1S/C21H27N5O5/c1-30-11-6-9-22-17(27)14-26-20(28)18-19(23-15-24(18)10-12-31-2)25(21(26)29)13-16-7-4-3-5-8-16/h3-5,7-8,15H,6,9-14H2,1-2H3,(H,22,27). The lowest BCUT2D eigenvalue weighted by atomic mass is 10.2. The van der Waals surface area contributed by atoms with Crippen LogP contribution in [0.3, 0.4) is 0 Å². The summed E-state index contributed by atoms with van der Waals surface area (Å²) in [5.41, 5.74) is 0.299. The third-order valence-electron chi connectivity index (χ3n) is 4.85. The molecule has 0 aliphatic rings. The highest BCUT2D eigenvalue weighted by Crippen LogP contribution is 2.09. The number of hydrogen-bond donors (Lipinski definition) is 1. The van der Waals surface area contributed by atoms with Crippen molar-refractivity contribution in [3.05, 3.63) is 63.1 Å². The molecule has 2 aromatic heterocycles. The first kappa shape index (κ1) is 22.4. The van der Waals surface area contributed by atoms with Gasteiger partial charge >= 0.3 is 5.69 Å². The number of imidazole rings is 1. The van der Waals surface area contributed by atoms with Gasteiger partial charge < -0.3 is 19.4 Å². The minimum atomic E-state index is -0.578. The number of nitrogens with zero attached hydrogens (tertiary/aromatic N) is 4. The Morgan fingerprint density at radius 3 is 2.52 bits per heavy atom. The van der Waals surface area contributed by atoms with E-state index in [4.69, 9.17) is 9.47 Å². The van der Waals surface area contributed by atoms with Crippen molar-refractivity contribution in [3.8, 4) is 0 Å². The minimum absolute atomic E-state index is 0.229. The molecule has 0 atom stereocenters. The summed E-state index contributed by atoms with van der Waals surface area (Å²) in [5.74, 6) is -0.413. The number of methoxy groups -OCH3 is 2. The smallest absolute Gasteiger partial charge is 0.333 e. The van der Waals surface area contributed by atoms with Crippen LogP contribution in [0.2, 0.25) is 0 Å². The third-order valence-corrected chi connectivity index (χ3v) is 4.85. The topological polar surface area (TPSA) is 109 Å². The number of carbonyl (C=O) groups excluding carboxylic acids is 1. The highest BCUT2D eigenvalue weighted by molar-refractivity contribution is 5.76. The Balaban J connectivity index is 2.02. The summed E-state index contributed by atoms with van der Waals surface area (Å²) in [6.45, 7) is 1.54. The fraction of sp³-hybridized carbons (Fsp3) is 0.429. The molecule has 10 heteroatoms. The number of benzene rings is 1. The van der Waals surface area contributed by atoms with E-state index in [1.54, 1.807) is 18.8 Å². The number of ether oxygens (including phenoxy) is 2. The molecule has 0 radical (unpaired) electrons. The van der Waals surface area contributed by atoms with E-state index in [-0.39, 0.29) is 24.3 Å². The average molecular weight is 429 g/mol. The van der Waals surface area contributed by atoms with Crippen LogP contribution in [0.1, 0.15) is 12.0 Å². The number of fused-ring (bicyclic) bond motifs is 1. The van der Waals surface area contributed by atoms with E-state index in [9.17, 15) is 14.4 Å². The van der Waals surface area contributed by atoms with Gasteiger partial charge in [-0.15, -0.1) is 0 Å². The highest BCUT2D eigenvalue weighted by atomic mass is 16.5. The summed E-state index contributed by atoms with van der Waals surface area (Å²) >= 11 is 0. The lowest BCUT2D eigenvalue weighted by Gasteiger charge is -2.13. The zero-order valence-electron chi connectivity index (χ0n) is 17.7. The predicted octanol–water partition coefficient (Wildman–Crippen LogP) is 0.207. The molecule has 31 heavy (non-hydrogen) atoms. The van der Waals surface area contributed by atoms with Crippen LogP contribution in [-0.4, -0.2) is 58.6 Å². The molecule has 166 valence electrons. The molecule has 2 heterocycles. The largest absolute Gasteiger partial charge is 0.385 e. The van der Waals surface area contributed by atoms with Crippen molar-refractivity contribution in [3.63, 3.8) is 0 Å². The normalized spacial score (nSPS) is 11.2. The Labute approximate surface area is 179 Å². The molecule has 3 aromatic rings. The van der Waals surface area contributed by atoms with Crippen LogP contribution in [-0.2, 0) is 33.9 Å². The van der Waals surface area contributed by atoms with Gasteiger partial charge in [0.05, 0.1) is 19.5 Å². The van der Waals surface area contributed by atoms with Gasteiger partial charge in [-0.1, -0.05) is 30.3 Å². The van der Waals surface area contributed by atoms with Crippen LogP contribution in [0.5, 0.6) is 0 Å². The van der Waals surface area contributed by atoms with Gasteiger partial charge in [0, 0.05) is 33.9 Å². The van der Waals surface area contributed by atoms with Crippen LogP contribution in [0.25, 0.3) is 11.2 Å². The van der Waals surface area contributed by atoms with Crippen molar-refractivity contribution >= 4 is 17.1 Å². The monoisotopic (exact) mass is 429 g/mol. The van der Waals surface area contributed by atoms with Crippen LogP contribution in [0.15, 0.2) is 46.2 Å². The Hall–Kier alpha value is -3.24. The van der Waals surface area contributed by atoms with Crippen molar-refractivity contribution in [1.82, 2.24) is 24.0 Å². The molecule has 0 aliphatic heterocycles. The summed E-state index contributed by atoms with van der Waals surface area (Å²) in [4.78, 5) is 43.1. The Morgan fingerprint density at radius 1 is 1.06 bits per heavy atom. The maximum Gasteiger partial charge on any atom is 0.333 e. The fourth-order valence-corrected chi connectivity index (χ4v) is 3.29. The lowest BCUT2D eigenvalue weighted by molar-refractivity contribution is -0.121. The molecule has 1 N–H and O–H groups in total. The predicted molar refractivity (Wildman–Crippen MR) is 115 cm³/mol. The van der Waals surface area contributed by atoms with Gasteiger partial charge in [0.1, 0.15) is 6.54 Å². The number of nitrogens with one attached hydrogen (secondary N) is 1. The van der Waals surface area contributed by atoms with Gasteiger partial charge in [-0.05, 0) is 12.0 Å². The molecular formula is C21H27N5O5. The fourth-order valence-electron chi connectivity index (χ4n) is 3.29.